The lowest BCUT2D eigenvalue weighted by Crippen LogP contribution is -2.31. The summed E-state index contributed by atoms with van der Waals surface area (Å²) in [6, 6.07) is 7.27. The highest BCUT2D eigenvalue weighted by Gasteiger charge is 2.16. The van der Waals surface area contributed by atoms with Gasteiger partial charge in [0.1, 0.15) is 6.04 Å². The van der Waals surface area contributed by atoms with Crippen molar-refractivity contribution in [3.05, 3.63) is 62.5 Å². The Balaban J connectivity index is 2.23. The van der Waals surface area contributed by atoms with Gasteiger partial charge in [-0.2, -0.15) is 0 Å². The summed E-state index contributed by atoms with van der Waals surface area (Å²) >= 11 is 11.8. The largest absolute Gasteiger partial charge is 0.324 e. The second kappa shape index (κ2) is 6.33. The molecule has 0 aliphatic heterocycles. The van der Waals surface area contributed by atoms with Gasteiger partial charge in [0.25, 0.3) is 5.56 Å². The molecule has 0 spiro atoms. The highest BCUT2D eigenvalue weighted by atomic mass is 35.5. The normalized spacial score (nSPS) is 12.0. The molecule has 0 radical (unpaired) electrons. The van der Waals surface area contributed by atoms with E-state index in [1.807, 2.05) is 6.92 Å². The number of pyridine rings is 1. The van der Waals surface area contributed by atoms with Crippen LogP contribution in [-0.4, -0.2) is 10.5 Å². The summed E-state index contributed by atoms with van der Waals surface area (Å²) in [7, 11) is 0. The van der Waals surface area contributed by atoms with Crippen LogP contribution < -0.4 is 10.9 Å². The molecule has 2 aromatic rings. The van der Waals surface area contributed by atoms with Crippen LogP contribution in [0.3, 0.4) is 0 Å². The minimum atomic E-state index is -0.643. The van der Waals surface area contributed by atoms with E-state index in [1.165, 1.54) is 10.6 Å². The Kier molecular flexibility index (Phi) is 4.70. The molecule has 1 aromatic carbocycles. The number of aromatic nitrogens is 1. The molecule has 0 fully saturated rings. The van der Waals surface area contributed by atoms with Crippen LogP contribution >= 0.6 is 23.2 Å². The highest BCUT2D eigenvalue weighted by Crippen LogP contribution is 2.23. The van der Waals surface area contributed by atoms with E-state index in [0.717, 1.165) is 5.56 Å². The van der Waals surface area contributed by atoms with Gasteiger partial charge in [0, 0.05) is 28.0 Å². The lowest BCUT2D eigenvalue weighted by Gasteiger charge is -2.16. The lowest BCUT2D eigenvalue weighted by molar-refractivity contribution is -0.118. The lowest BCUT2D eigenvalue weighted by atomic mass is 10.2. The zero-order valence-corrected chi connectivity index (χ0v) is 13.1. The Labute approximate surface area is 132 Å². The van der Waals surface area contributed by atoms with Crippen molar-refractivity contribution in [1.82, 2.24) is 4.57 Å². The fourth-order valence-corrected chi connectivity index (χ4v) is 2.44. The Morgan fingerprint density at radius 1 is 1.19 bits per heavy atom. The first kappa shape index (κ1) is 15.6. The fourth-order valence-electron chi connectivity index (χ4n) is 1.92. The zero-order valence-electron chi connectivity index (χ0n) is 11.6. The Hall–Kier alpha value is -1.78. The van der Waals surface area contributed by atoms with Crippen molar-refractivity contribution < 1.29 is 4.79 Å². The van der Waals surface area contributed by atoms with Gasteiger partial charge in [-0.05, 0) is 37.6 Å². The van der Waals surface area contributed by atoms with E-state index in [-0.39, 0.29) is 11.5 Å². The van der Waals surface area contributed by atoms with Gasteiger partial charge in [-0.25, -0.2) is 0 Å². The number of amides is 1. The van der Waals surface area contributed by atoms with Crippen molar-refractivity contribution in [2.45, 2.75) is 19.9 Å². The molecule has 0 saturated heterocycles. The number of carbonyl (C=O) groups excluding carboxylic acids is 1. The molecule has 1 N–H and O–H groups in total. The molecule has 6 heteroatoms. The minimum Gasteiger partial charge on any atom is -0.324 e. The molecular formula is C15H14Cl2N2O2. The molecule has 1 amide bonds. The molecule has 1 heterocycles. The number of hydrogen-bond donors (Lipinski definition) is 1. The summed E-state index contributed by atoms with van der Waals surface area (Å²) in [5, 5.41) is 3.56. The molecule has 0 saturated carbocycles. The second-order valence-corrected chi connectivity index (χ2v) is 5.65. The van der Waals surface area contributed by atoms with E-state index >= 15 is 0 Å². The van der Waals surface area contributed by atoms with Crippen LogP contribution in [0.4, 0.5) is 5.69 Å². The van der Waals surface area contributed by atoms with E-state index in [1.54, 1.807) is 37.4 Å². The number of rotatable bonds is 3. The predicted molar refractivity (Wildman–Crippen MR) is 85.2 cm³/mol. The van der Waals surface area contributed by atoms with Crippen molar-refractivity contribution in [1.29, 1.82) is 0 Å². The van der Waals surface area contributed by atoms with E-state index in [2.05, 4.69) is 5.32 Å². The van der Waals surface area contributed by atoms with Gasteiger partial charge in [0.05, 0.1) is 0 Å². The topological polar surface area (TPSA) is 51.1 Å². The molecule has 0 aliphatic rings. The van der Waals surface area contributed by atoms with Gasteiger partial charge in [0.15, 0.2) is 0 Å². The third-order valence-corrected chi connectivity index (χ3v) is 3.45. The number of halogens is 2. The molecular weight excluding hydrogens is 311 g/mol. The maximum absolute atomic E-state index is 12.2. The molecule has 110 valence electrons. The van der Waals surface area contributed by atoms with Gasteiger partial charge < -0.3 is 9.88 Å². The summed E-state index contributed by atoms with van der Waals surface area (Å²) < 4.78 is 1.39. The smallest absolute Gasteiger partial charge is 0.251 e. The SMILES string of the molecule is Cc1ccc(=O)n(C(C)C(=O)Nc2cc(Cl)cc(Cl)c2)c1. The first-order chi connectivity index (χ1) is 9.86. The van der Waals surface area contributed by atoms with Crippen LogP contribution in [0.25, 0.3) is 0 Å². The van der Waals surface area contributed by atoms with Crippen molar-refractivity contribution in [3.63, 3.8) is 0 Å². The summed E-state index contributed by atoms with van der Waals surface area (Å²) in [5.74, 6) is -0.318. The van der Waals surface area contributed by atoms with Crippen molar-refractivity contribution in [2.75, 3.05) is 5.32 Å². The van der Waals surface area contributed by atoms with E-state index in [9.17, 15) is 9.59 Å². The summed E-state index contributed by atoms with van der Waals surface area (Å²) in [4.78, 5) is 24.1. The van der Waals surface area contributed by atoms with Crippen LogP contribution in [0.5, 0.6) is 0 Å². The van der Waals surface area contributed by atoms with Gasteiger partial charge >= 0.3 is 0 Å². The fraction of sp³-hybridized carbons (Fsp3) is 0.200. The molecule has 21 heavy (non-hydrogen) atoms. The third-order valence-electron chi connectivity index (χ3n) is 3.01. The maximum atomic E-state index is 12.2. The molecule has 4 nitrogen and oxygen atoms in total. The number of hydrogen-bond acceptors (Lipinski definition) is 2. The molecule has 1 unspecified atom stereocenters. The molecule has 1 aromatic heterocycles. The van der Waals surface area contributed by atoms with E-state index in [4.69, 9.17) is 23.2 Å². The standard InChI is InChI=1S/C15H14Cl2N2O2/c1-9-3-4-14(20)19(8-9)10(2)15(21)18-13-6-11(16)5-12(17)7-13/h3-8,10H,1-2H3,(H,18,21). The number of carbonyl (C=O) groups is 1. The van der Waals surface area contributed by atoms with Crippen LogP contribution in [0, 0.1) is 6.92 Å². The van der Waals surface area contributed by atoms with E-state index < -0.39 is 6.04 Å². The van der Waals surface area contributed by atoms with Crippen molar-refractivity contribution >= 4 is 34.8 Å². The molecule has 2 rings (SSSR count). The maximum Gasteiger partial charge on any atom is 0.251 e. The Bertz CT molecular complexity index is 720. The number of nitrogens with zero attached hydrogens (tertiary/aromatic N) is 1. The number of aryl methyl sites for hydroxylation is 1. The van der Waals surface area contributed by atoms with Crippen LogP contribution in [-0.2, 0) is 4.79 Å². The Morgan fingerprint density at radius 3 is 2.43 bits per heavy atom. The predicted octanol–water partition coefficient (Wildman–Crippen LogP) is 3.66. The third kappa shape index (κ3) is 3.86. The van der Waals surface area contributed by atoms with Crippen molar-refractivity contribution in [3.8, 4) is 0 Å². The molecule has 0 aliphatic carbocycles. The summed E-state index contributed by atoms with van der Waals surface area (Å²) in [6.07, 6.45) is 1.65. The first-order valence-electron chi connectivity index (χ1n) is 6.32. The minimum absolute atomic E-state index is 0.229. The number of benzene rings is 1. The zero-order chi connectivity index (χ0) is 15.6. The van der Waals surface area contributed by atoms with Crippen molar-refractivity contribution in [2.24, 2.45) is 0 Å². The summed E-state index contributed by atoms with van der Waals surface area (Å²) in [6.45, 7) is 3.51. The van der Waals surface area contributed by atoms with E-state index in [0.29, 0.717) is 15.7 Å². The quantitative estimate of drug-likeness (QED) is 0.936. The number of anilines is 1. The molecule has 1 atom stereocenters. The van der Waals surface area contributed by atoms with Gasteiger partial charge in [-0.15, -0.1) is 0 Å². The molecule has 0 bridgehead atoms. The monoisotopic (exact) mass is 324 g/mol. The Morgan fingerprint density at radius 2 is 1.81 bits per heavy atom. The van der Waals surface area contributed by atoms with Gasteiger partial charge in [0.2, 0.25) is 5.91 Å². The first-order valence-corrected chi connectivity index (χ1v) is 7.08. The highest BCUT2D eigenvalue weighted by molar-refractivity contribution is 6.35. The number of nitrogens with one attached hydrogen (secondary N) is 1. The van der Waals surface area contributed by atoms with Gasteiger partial charge in [-0.3, -0.25) is 9.59 Å². The summed E-state index contributed by atoms with van der Waals surface area (Å²) in [5.41, 5.74) is 1.16. The average molecular weight is 325 g/mol. The van der Waals surface area contributed by atoms with Crippen LogP contribution in [0.15, 0.2) is 41.3 Å². The van der Waals surface area contributed by atoms with Gasteiger partial charge in [-0.1, -0.05) is 29.3 Å². The second-order valence-electron chi connectivity index (χ2n) is 4.78. The van der Waals surface area contributed by atoms with Crippen LogP contribution in [0.2, 0.25) is 10.0 Å². The van der Waals surface area contributed by atoms with Crippen LogP contribution in [0.1, 0.15) is 18.5 Å². The average Bonchev–Trinajstić information content (AvgIpc) is 2.39.